The van der Waals surface area contributed by atoms with Crippen LogP contribution in [-0.4, -0.2) is 25.3 Å². The van der Waals surface area contributed by atoms with E-state index < -0.39 is 0 Å². The van der Waals surface area contributed by atoms with Crippen molar-refractivity contribution in [1.29, 1.82) is 0 Å². The van der Waals surface area contributed by atoms with Crippen LogP contribution in [0.3, 0.4) is 0 Å². The van der Waals surface area contributed by atoms with Crippen molar-refractivity contribution in [2.45, 2.75) is 0 Å². The summed E-state index contributed by atoms with van der Waals surface area (Å²) in [5.74, 6) is 1.20. The van der Waals surface area contributed by atoms with Crippen LogP contribution in [0.1, 0.15) is 10.4 Å². The van der Waals surface area contributed by atoms with Crippen LogP contribution in [0, 0.1) is 0 Å². The van der Waals surface area contributed by atoms with Gasteiger partial charge in [-0.1, -0.05) is 47.1 Å². The van der Waals surface area contributed by atoms with Crippen LogP contribution in [0.25, 0.3) is 22.2 Å². The van der Waals surface area contributed by atoms with Crippen molar-refractivity contribution < 1.29 is 18.8 Å². The minimum atomic E-state index is -0.313. The third kappa shape index (κ3) is 3.62. The number of ether oxygens (including phenoxy) is 2. The Kier molecular flexibility index (Phi) is 5.10. The zero-order chi connectivity index (χ0) is 20.4. The Labute approximate surface area is 172 Å². The van der Waals surface area contributed by atoms with Crippen LogP contribution in [0.5, 0.6) is 11.5 Å². The summed E-state index contributed by atoms with van der Waals surface area (Å²) in [5, 5.41) is 8.03. The molecular weight excluding hydrogens is 392 g/mol. The van der Waals surface area contributed by atoms with Crippen LogP contribution in [-0.2, 0) is 0 Å². The molecule has 1 heterocycles. The van der Waals surface area contributed by atoms with Crippen molar-refractivity contribution in [3.8, 4) is 22.8 Å². The van der Waals surface area contributed by atoms with E-state index in [1.807, 2.05) is 30.3 Å². The Hall–Kier alpha value is -3.51. The van der Waals surface area contributed by atoms with Gasteiger partial charge in [0.1, 0.15) is 17.0 Å². The van der Waals surface area contributed by atoms with Crippen LogP contribution in [0.4, 0.5) is 5.69 Å². The van der Waals surface area contributed by atoms with Crippen LogP contribution in [0.15, 0.2) is 65.2 Å². The number of methoxy groups -OCH3 is 2. The highest BCUT2D eigenvalue weighted by Crippen LogP contribution is 2.36. The fraction of sp³-hybridized carbons (Fsp3) is 0.0909. The molecule has 4 rings (SSSR count). The molecule has 6 nitrogen and oxygen atoms in total. The number of carbonyl (C=O) groups excluding carboxylic acids is 1. The van der Waals surface area contributed by atoms with Gasteiger partial charge in [0.2, 0.25) is 0 Å². The SMILES string of the molecule is COc1cc(OC)c(NC(=O)c2ccc3noc(-c4ccccc4)c3c2)cc1Cl. The molecule has 0 radical (unpaired) electrons. The zero-order valence-corrected chi connectivity index (χ0v) is 16.5. The Morgan fingerprint density at radius 1 is 1.00 bits per heavy atom. The van der Waals surface area contributed by atoms with Gasteiger partial charge in [0.05, 0.1) is 30.3 Å². The number of hydrogen-bond donors (Lipinski definition) is 1. The number of hydrogen-bond acceptors (Lipinski definition) is 5. The van der Waals surface area contributed by atoms with Gasteiger partial charge in [-0.15, -0.1) is 0 Å². The lowest BCUT2D eigenvalue weighted by Gasteiger charge is -2.13. The molecule has 0 spiro atoms. The van der Waals surface area contributed by atoms with Crippen molar-refractivity contribution in [2.75, 3.05) is 19.5 Å². The smallest absolute Gasteiger partial charge is 0.255 e. The molecule has 0 fully saturated rings. The van der Waals surface area contributed by atoms with Crippen molar-refractivity contribution in [3.63, 3.8) is 0 Å². The van der Waals surface area contributed by atoms with E-state index in [0.717, 1.165) is 10.9 Å². The lowest BCUT2D eigenvalue weighted by molar-refractivity contribution is 0.102. The molecule has 29 heavy (non-hydrogen) atoms. The van der Waals surface area contributed by atoms with Gasteiger partial charge in [0.15, 0.2) is 5.76 Å². The summed E-state index contributed by atoms with van der Waals surface area (Å²) in [5.41, 5.74) is 2.45. The fourth-order valence-corrected chi connectivity index (χ4v) is 3.27. The molecule has 0 aliphatic rings. The van der Waals surface area contributed by atoms with Gasteiger partial charge >= 0.3 is 0 Å². The number of anilines is 1. The van der Waals surface area contributed by atoms with E-state index in [1.54, 1.807) is 30.3 Å². The molecule has 0 bridgehead atoms. The summed E-state index contributed by atoms with van der Waals surface area (Å²) in [6, 6.07) is 18.0. The van der Waals surface area contributed by atoms with Crippen molar-refractivity contribution in [3.05, 3.63) is 71.2 Å². The van der Waals surface area contributed by atoms with Gasteiger partial charge in [-0.3, -0.25) is 4.79 Å². The van der Waals surface area contributed by atoms with Crippen molar-refractivity contribution >= 4 is 34.1 Å². The van der Waals surface area contributed by atoms with Crippen LogP contribution in [0.2, 0.25) is 5.02 Å². The van der Waals surface area contributed by atoms with Crippen molar-refractivity contribution in [1.82, 2.24) is 5.16 Å². The average Bonchev–Trinajstić information content (AvgIpc) is 3.18. The standard InChI is InChI=1S/C22H17ClN2O4/c1-27-19-12-20(28-2)18(11-16(19)23)24-22(26)14-8-9-17-15(10-14)21(29-25-17)13-6-4-3-5-7-13/h3-12H,1-2H3,(H,24,26). The van der Waals surface area contributed by atoms with Gasteiger partial charge in [-0.2, -0.15) is 0 Å². The summed E-state index contributed by atoms with van der Waals surface area (Å²) < 4.78 is 16.0. The second-order valence-corrected chi connectivity index (χ2v) is 6.66. The van der Waals surface area contributed by atoms with Gasteiger partial charge in [0, 0.05) is 17.2 Å². The number of rotatable bonds is 5. The molecular formula is C22H17ClN2O4. The first-order valence-electron chi connectivity index (χ1n) is 8.78. The molecule has 4 aromatic rings. The van der Waals surface area contributed by atoms with Crippen LogP contribution >= 0.6 is 11.6 Å². The number of nitrogens with one attached hydrogen (secondary N) is 1. The average molecular weight is 409 g/mol. The van der Waals surface area contributed by atoms with Gasteiger partial charge in [0.25, 0.3) is 5.91 Å². The minimum absolute atomic E-state index is 0.313. The first-order valence-corrected chi connectivity index (χ1v) is 9.16. The number of nitrogens with zero attached hydrogens (tertiary/aromatic N) is 1. The summed E-state index contributed by atoms with van der Waals surface area (Å²) in [7, 11) is 3.02. The van der Waals surface area contributed by atoms with Gasteiger partial charge in [-0.05, 0) is 24.3 Å². The van der Waals surface area contributed by atoms with E-state index in [0.29, 0.717) is 39.0 Å². The van der Waals surface area contributed by atoms with Crippen molar-refractivity contribution in [2.24, 2.45) is 0 Å². The number of amides is 1. The van der Waals surface area contributed by atoms with E-state index in [-0.39, 0.29) is 5.91 Å². The highest BCUT2D eigenvalue weighted by molar-refractivity contribution is 6.32. The number of halogens is 1. The second kappa shape index (κ2) is 7.85. The Bertz CT molecular complexity index is 1190. The summed E-state index contributed by atoms with van der Waals surface area (Å²) in [6.07, 6.45) is 0. The maximum absolute atomic E-state index is 12.9. The van der Waals surface area contributed by atoms with Gasteiger partial charge in [-0.25, -0.2) is 0 Å². The molecule has 0 aliphatic carbocycles. The lowest BCUT2D eigenvalue weighted by Crippen LogP contribution is -2.12. The predicted molar refractivity (Wildman–Crippen MR) is 112 cm³/mol. The number of carbonyl (C=O) groups is 1. The molecule has 1 aromatic heterocycles. The fourth-order valence-electron chi connectivity index (χ4n) is 3.03. The molecule has 7 heteroatoms. The van der Waals surface area contributed by atoms with E-state index in [1.165, 1.54) is 14.2 Å². The molecule has 0 atom stereocenters. The Morgan fingerprint density at radius 2 is 1.76 bits per heavy atom. The first kappa shape index (κ1) is 18.8. The van der Waals surface area contributed by atoms with E-state index in [9.17, 15) is 4.79 Å². The predicted octanol–water partition coefficient (Wildman–Crippen LogP) is 5.42. The minimum Gasteiger partial charge on any atom is -0.495 e. The Balaban J connectivity index is 1.69. The van der Waals surface area contributed by atoms with Gasteiger partial charge < -0.3 is 19.3 Å². The maximum Gasteiger partial charge on any atom is 0.255 e. The monoisotopic (exact) mass is 408 g/mol. The highest BCUT2D eigenvalue weighted by Gasteiger charge is 2.16. The van der Waals surface area contributed by atoms with E-state index >= 15 is 0 Å². The summed E-state index contributed by atoms with van der Waals surface area (Å²) in [6.45, 7) is 0. The second-order valence-electron chi connectivity index (χ2n) is 6.25. The maximum atomic E-state index is 12.9. The third-order valence-electron chi connectivity index (χ3n) is 4.50. The topological polar surface area (TPSA) is 73.6 Å². The highest BCUT2D eigenvalue weighted by atomic mass is 35.5. The largest absolute Gasteiger partial charge is 0.495 e. The normalized spacial score (nSPS) is 10.7. The molecule has 146 valence electrons. The third-order valence-corrected chi connectivity index (χ3v) is 4.79. The number of fused-ring (bicyclic) bond motifs is 1. The van der Waals surface area contributed by atoms with E-state index in [2.05, 4.69) is 10.5 Å². The zero-order valence-electron chi connectivity index (χ0n) is 15.7. The quantitative estimate of drug-likeness (QED) is 0.477. The molecule has 0 saturated heterocycles. The molecule has 0 unspecified atom stereocenters. The van der Waals surface area contributed by atoms with E-state index in [4.69, 9.17) is 25.6 Å². The number of aromatic nitrogens is 1. The summed E-state index contributed by atoms with van der Waals surface area (Å²) >= 11 is 6.19. The molecule has 1 N–H and O–H groups in total. The Morgan fingerprint density at radius 3 is 2.48 bits per heavy atom. The molecule has 0 saturated carbocycles. The first-order chi connectivity index (χ1) is 14.1. The number of benzene rings is 3. The summed E-state index contributed by atoms with van der Waals surface area (Å²) in [4.78, 5) is 12.9. The molecule has 3 aromatic carbocycles. The van der Waals surface area contributed by atoms with Crippen LogP contribution < -0.4 is 14.8 Å². The molecule has 0 aliphatic heterocycles. The lowest BCUT2D eigenvalue weighted by atomic mass is 10.1. The molecule has 1 amide bonds.